The Labute approximate surface area is 78.2 Å². The van der Waals surface area contributed by atoms with Gasteiger partial charge in [0.05, 0.1) is 0 Å². The van der Waals surface area contributed by atoms with E-state index in [9.17, 15) is 17.4 Å². The highest BCUT2D eigenvalue weighted by Gasteiger charge is 2.40. The molecule has 0 aromatic rings. The molecule has 0 spiro atoms. The minimum absolute atomic E-state index is 0.423. The Kier molecular flexibility index (Phi) is 3.05. The molecule has 5 heteroatoms. The lowest BCUT2D eigenvalue weighted by Crippen LogP contribution is -2.32. The predicted octanol–water partition coefficient (Wildman–Crippen LogP) is 2.49. The molecule has 1 nitrogen and oxygen atoms in total. The summed E-state index contributed by atoms with van der Waals surface area (Å²) >= 11 is 0. The average Bonchev–Trinajstić information content (AvgIpc) is 1.92. The first kappa shape index (κ1) is 11.0. The molecular formula is C8H13F3OS. The first-order valence-electron chi connectivity index (χ1n) is 4.23. The molecule has 1 fully saturated rings. The molecule has 78 valence electrons. The third-order valence-electron chi connectivity index (χ3n) is 2.49. The standard InChI is InChI=1S/C8H13F3OS/c1-7(6-8(9,10)11)2-4-13(12)5-3-7/h2-6H2,1H3. The van der Waals surface area contributed by atoms with Crippen molar-refractivity contribution >= 4 is 10.8 Å². The van der Waals surface area contributed by atoms with Gasteiger partial charge in [-0.2, -0.15) is 13.2 Å². The molecule has 0 amide bonds. The number of hydrogen-bond acceptors (Lipinski definition) is 1. The number of rotatable bonds is 1. The summed E-state index contributed by atoms with van der Waals surface area (Å²) in [6.45, 7) is 1.64. The van der Waals surface area contributed by atoms with Crippen LogP contribution in [0, 0.1) is 5.41 Å². The maximum atomic E-state index is 12.1. The lowest BCUT2D eigenvalue weighted by atomic mass is 9.81. The van der Waals surface area contributed by atoms with Crippen LogP contribution in [0.15, 0.2) is 0 Å². The fourth-order valence-corrected chi connectivity index (χ4v) is 3.25. The highest BCUT2D eigenvalue weighted by molar-refractivity contribution is 7.85. The Morgan fingerprint density at radius 3 is 2.15 bits per heavy atom. The van der Waals surface area contributed by atoms with Crippen molar-refractivity contribution in [1.29, 1.82) is 0 Å². The second kappa shape index (κ2) is 3.59. The van der Waals surface area contributed by atoms with Gasteiger partial charge in [0.25, 0.3) is 0 Å². The van der Waals surface area contributed by atoms with E-state index in [0.717, 1.165) is 0 Å². The monoisotopic (exact) mass is 214 g/mol. The molecule has 0 radical (unpaired) electrons. The van der Waals surface area contributed by atoms with Crippen LogP contribution in [0.2, 0.25) is 0 Å². The predicted molar refractivity (Wildman–Crippen MR) is 45.9 cm³/mol. The third-order valence-corrected chi connectivity index (χ3v) is 3.81. The smallest absolute Gasteiger partial charge is 0.260 e. The van der Waals surface area contributed by atoms with Gasteiger partial charge in [0, 0.05) is 28.7 Å². The van der Waals surface area contributed by atoms with Gasteiger partial charge in [0.2, 0.25) is 0 Å². The molecule has 0 unspecified atom stereocenters. The van der Waals surface area contributed by atoms with E-state index in [1.807, 2.05) is 0 Å². The van der Waals surface area contributed by atoms with Crippen molar-refractivity contribution in [3.8, 4) is 0 Å². The van der Waals surface area contributed by atoms with E-state index in [1.54, 1.807) is 6.92 Å². The minimum atomic E-state index is -4.09. The van der Waals surface area contributed by atoms with Gasteiger partial charge < -0.3 is 0 Å². The van der Waals surface area contributed by atoms with Crippen LogP contribution in [-0.4, -0.2) is 21.9 Å². The number of hydrogen-bond donors (Lipinski definition) is 0. The van der Waals surface area contributed by atoms with Crippen molar-refractivity contribution in [1.82, 2.24) is 0 Å². The fraction of sp³-hybridized carbons (Fsp3) is 1.00. The molecule has 0 aromatic heterocycles. The summed E-state index contributed by atoms with van der Waals surface area (Å²) in [6, 6.07) is 0. The third kappa shape index (κ3) is 3.67. The van der Waals surface area contributed by atoms with Crippen molar-refractivity contribution in [2.45, 2.75) is 32.4 Å². The maximum absolute atomic E-state index is 12.1. The highest BCUT2D eigenvalue weighted by Crippen LogP contribution is 2.40. The fourth-order valence-electron chi connectivity index (χ4n) is 1.61. The van der Waals surface area contributed by atoms with Crippen molar-refractivity contribution in [3.05, 3.63) is 0 Å². The molecule has 0 N–H and O–H groups in total. The van der Waals surface area contributed by atoms with Crippen LogP contribution < -0.4 is 0 Å². The first-order chi connectivity index (χ1) is 5.81. The molecule has 1 aliphatic heterocycles. The summed E-state index contributed by atoms with van der Waals surface area (Å²) < 4.78 is 47.3. The molecular weight excluding hydrogens is 201 g/mol. The van der Waals surface area contributed by atoms with Crippen LogP contribution >= 0.6 is 0 Å². The highest BCUT2D eigenvalue weighted by atomic mass is 32.2. The van der Waals surface area contributed by atoms with E-state index in [4.69, 9.17) is 0 Å². The van der Waals surface area contributed by atoms with E-state index in [0.29, 0.717) is 24.3 Å². The van der Waals surface area contributed by atoms with Crippen molar-refractivity contribution in [2.24, 2.45) is 5.41 Å². The van der Waals surface area contributed by atoms with E-state index in [1.165, 1.54) is 0 Å². The van der Waals surface area contributed by atoms with Gasteiger partial charge in [-0.25, -0.2) is 0 Å². The van der Waals surface area contributed by atoms with Crippen LogP contribution in [0.4, 0.5) is 13.2 Å². The lowest BCUT2D eigenvalue weighted by molar-refractivity contribution is -0.157. The zero-order valence-corrected chi connectivity index (χ0v) is 8.30. The Hall–Kier alpha value is -0.0600. The second-order valence-electron chi connectivity index (χ2n) is 3.95. The number of halogens is 3. The van der Waals surface area contributed by atoms with Gasteiger partial charge in [-0.3, -0.25) is 4.21 Å². The van der Waals surface area contributed by atoms with Crippen LogP contribution in [0.25, 0.3) is 0 Å². The summed E-state index contributed by atoms with van der Waals surface area (Å²) in [5, 5.41) is 0. The molecule has 0 atom stereocenters. The molecule has 0 aliphatic carbocycles. The van der Waals surface area contributed by atoms with Gasteiger partial charge in [-0.05, 0) is 18.3 Å². The van der Waals surface area contributed by atoms with Crippen LogP contribution in [0.3, 0.4) is 0 Å². The number of alkyl halides is 3. The molecule has 1 rings (SSSR count). The summed E-state index contributed by atoms with van der Waals surface area (Å²) in [5.74, 6) is 0.846. The molecule has 1 heterocycles. The summed E-state index contributed by atoms with van der Waals surface area (Å²) in [7, 11) is -0.883. The van der Waals surface area contributed by atoms with Gasteiger partial charge in [0.15, 0.2) is 0 Å². The second-order valence-corrected chi connectivity index (χ2v) is 5.65. The van der Waals surface area contributed by atoms with Crippen LogP contribution in [0.1, 0.15) is 26.2 Å². The maximum Gasteiger partial charge on any atom is 0.389 e. The molecule has 13 heavy (non-hydrogen) atoms. The van der Waals surface area contributed by atoms with Gasteiger partial charge >= 0.3 is 6.18 Å². The molecule has 0 aromatic carbocycles. The summed E-state index contributed by atoms with van der Waals surface area (Å²) in [5.41, 5.74) is -0.674. The Morgan fingerprint density at radius 2 is 1.77 bits per heavy atom. The van der Waals surface area contributed by atoms with E-state index < -0.39 is 28.8 Å². The van der Waals surface area contributed by atoms with Gasteiger partial charge in [0.1, 0.15) is 0 Å². The van der Waals surface area contributed by atoms with Gasteiger partial charge in [-0.15, -0.1) is 0 Å². The topological polar surface area (TPSA) is 17.1 Å². The zero-order chi connectivity index (χ0) is 10.1. The molecule has 0 saturated carbocycles. The molecule has 0 bridgehead atoms. The van der Waals surface area contributed by atoms with E-state index >= 15 is 0 Å². The van der Waals surface area contributed by atoms with Crippen LogP contribution in [-0.2, 0) is 10.8 Å². The van der Waals surface area contributed by atoms with Crippen LogP contribution in [0.5, 0.6) is 0 Å². The average molecular weight is 214 g/mol. The summed E-state index contributed by atoms with van der Waals surface area (Å²) in [4.78, 5) is 0. The largest absolute Gasteiger partial charge is 0.389 e. The van der Waals surface area contributed by atoms with Gasteiger partial charge in [-0.1, -0.05) is 6.92 Å². The van der Waals surface area contributed by atoms with Crippen molar-refractivity contribution in [2.75, 3.05) is 11.5 Å². The van der Waals surface area contributed by atoms with Crippen molar-refractivity contribution < 1.29 is 17.4 Å². The SMILES string of the molecule is CC1(CC(F)(F)F)CCS(=O)CC1. The normalized spacial score (nSPS) is 36.2. The van der Waals surface area contributed by atoms with E-state index in [-0.39, 0.29) is 0 Å². The summed E-state index contributed by atoms with van der Waals surface area (Å²) in [6.07, 6.45) is -3.97. The Morgan fingerprint density at radius 1 is 1.31 bits per heavy atom. The zero-order valence-electron chi connectivity index (χ0n) is 7.49. The van der Waals surface area contributed by atoms with Crippen molar-refractivity contribution in [3.63, 3.8) is 0 Å². The quantitative estimate of drug-likeness (QED) is 0.655. The molecule has 1 saturated heterocycles. The lowest BCUT2D eigenvalue weighted by Gasteiger charge is -2.33. The Balaban J connectivity index is 2.52. The minimum Gasteiger partial charge on any atom is -0.260 e. The first-order valence-corrected chi connectivity index (χ1v) is 5.71. The van der Waals surface area contributed by atoms with E-state index in [2.05, 4.69) is 0 Å². The Bertz CT molecular complexity index is 202. The molecule has 1 aliphatic rings.